The average molecular weight is 523 g/mol. The van der Waals surface area contributed by atoms with Crippen LogP contribution in [0.2, 0.25) is 0 Å². The highest BCUT2D eigenvalue weighted by Gasteiger charge is 2.76. The zero-order valence-corrected chi connectivity index (χ0v) is 18.1. The van der Waals surface area contributed by atoms with Crippen LogP contribution in [-0.2, 0) is 0 Å². The molecule has 3 aromatic carbocycles. The fraction of sp³-hybridized carbons (Fsp3) is 0.120. The zero-order valence-electron chi connectivity index (χ0n) is 18.1. The molecular formula is C25H12F7NO4. The predicted molar refractivity (Wildman–Crippen MR) is 119 cm³/mol. The van der Waals surface area contributed by atoms with Gasteiger partial charge in [-0.1, -0.05) is 36.4 Å². The Hall–Kier alpha value is -4.35. The van der Waals surface area contributed by atoms with E-state index in [1.807, 2.05) is 24.3 Å². The van der Waals surface area contributed by atoms with Crippen molar-refractivity contribution in [2.75, 3.05) is 0 Å². The molecule has 0 atom stereocenters. The lowest BCUT2D eigenvalue weighted by Gasteiger charge is -2.26. The molecule has 2 heterocycles. The minimum absolute atomic E-state index is 0.375. The van der Waals surface area contributed by atoms with Crippen LogP contribution in [0.25, 0.3) is 38.5 Å². The van der Waals surface area contributed by atoms with E-state index in [0.29, 0.717) is 5.69 Å². The smallest absolute Gasteiger partial charge is 0.460 e. The monoisotopic (exact) mass is 523 g/mol. The average Bonchev–Trinajstić information content (AvgIpc) is 3.17. The molecule has 0 aliphatic rings. The van der Waals surface area contributed by atoms with E-state index in [2.05, 4.69) is 0 Å². The van der Waals surface area contributed by atoms with E-state index in [-0.39, 0.29) is 0 Å². The molecule has 37 heavy (non-hydrogen) atoms. The topological polar surface area (TPSA) is 72.4 Å². The molecule has 1 N–H and O–H groups in total. The summed E-state index contributed by atoms with van der Waals surface area (Å²) in [5.41, 5.74) is -2.62. The van der Waals surface area contributed by atoms with Gasteiger partial charge in [0.2, 0.25) is 5.78 Å². The number of nitrogens with zero attached hydrogens (tertiary/aromatic N) is 1. The second-order valence-electron chi connectivity index (χ2n) is 8.14. The predicted octanol–water partition coefficient (Wildman–Crippen LogP) is 6.61. The van der Waals surface area contributed by atoms with Crippen LogP contribution in [0.1, 0.15) is 10.4 Å². The SMILES string of the molecule is O=C(c1c(O)c2ccc(-n3c4ccccc4c4ccccc43)cc2oc1=O)C(F)(F)C(F)(F)C(F)(F)F. The van der Waals surface area contributed by atoms with Crippen LogP contribution in [0.4, 0.5) is 30.7 Å². The van der Waals surface area contributed by atoms with Gasteiger partial charge in [0.1, 0.15) is 11.3 Å². The number of carbonyl (C=O) groups excluding carboxylic acids is 1. The minimum Gasteiger partial charge on any atom is -0.506 e. The Morgan fingerprint density at radius 2 is 1.32 bits per heavy atom. The van der Waals surface area contributed by atoms with Crippen LogP contribution < -0.4 is 5.63 Å². The third kappa shape index (κ3) is 3.39. The van der Waals surface area contributed by atoms with Crippen molar-refractivity contribution in [2.24, 2.45) is 0 Å². The van der Waals surface area contributed by atoms with Gasteiger partial charge in [-0.05, 0) is 24.3 Å². The number of hydrogen-bond donors (Lipinski definition) is 1. The van der Waals surface area contributed by atoms with E-state index in [4.69, 9.17) is 4.42 Å². The Labute approximate surface area is 200 Å². The molecule has 0 spiro atoms. The number of aromatic nitrogens is 1. The third-order valence-electron chi connectivity index (χ3n) is 5.96. The van der Waals surface area contributed by atoms with Crippen molar-refractivity contribution in [1.29, 1.82) is 0 Å². The van der Waals surface area contributed by atoms with Crippen molar-refractivity contribution in [2.45, 2.75) is 18.0 Å². The number of ketones is 1. The summed E-state index contributed by atoms with van der Waals surface area (Å²) >= 11 is 0. The van der Waals surface area contributed by atoms with Crippen molar-refractivity contribution in [3.63, 3.8) is 0 Å². The fourth-order valence-corrected chi connectivity index (χ4v) is 4.19. The molecule has 0 saturated carbocycles. The molecular weight excluding hydrogens is 511 g/mol. The van der Waals surface area contributed by atoms with E-state index < -0.39 is 51.7 Å². The lowest BCUT2D eigenvalue weighted by Crippen LogP contribution is -2.56. The van der Waals surface area contributed by atoms with Gasteiger partial charge in [0, 0.05) is 22.5 Å². The van der Waals surface area contributed by atoms with Gasteiger partial charge in [0.15, 0.2) is 5.56 Å². The molecule has 190 valence electrons. The van der Waals surface area contributed by atoms with E-state index in [0.717, 1.165) is 27.9 Å². The molecule has 5 rings (SSSR count). The summed E-state index contributed by atoms with van der Waals surface area (Å²) in [6.45, 7) is 0. The maximum absolute atomic E-state index is 14.0. The molecule has 5 nitrogen and oxygen atoms in total. The van der Waals surface area contributed by atoms with E-state index >= 15 is 0 Å². The molecule has 0 aliphatic carbocycles. The largest absolute Gasteiger partial charge is 0.506 e. The van der Waals surface area contributed by atoms with E-state index in [1.54, 1.807) is 28.8 Å². The maximum atomic E-state index is 14.0. The van der Waals surface area contributed by atoms with Gasteiger partial charge in [-0.15, -0.1) is 0 Å². The van der Waals surface area contributed by atoms with Gasteiger partial charge in [-0.3, -0.25) is 4.79 Å². The fourth-order valence-electron chi connectivity index (χ4n) is 4.19. The lowest BCUT2D eigenvalue weighted by molar-refractivity contribution is -0.339. The van der Waals surface area contributed by atoms with Crippen molar-refractivity contribution in [1.82, 2.24) is 4.57 Å². The number of hydrogen-bond acceptors (Lipinski definition) is 4. The first kappa shape index (κ1) is 24.3. The summed E-state index contributed by atoms with van der Waals surface area (Å²) in [5, 5.41) is 11.6. The molecule has 0 bridgehead atoms. The first-order chi connectivity index (χ1) is 17.3. The third-order valence-corrected chi connectivity index (χ3v) is 5.96. The van der Waals surface area contributed by atoms with Gasteiger partial charge in [-0.2, -0.15) is 30.7 Å². The highest BCUT2D eigenvalue weighted by Crippen LogP contribution is 2.48. The molecule has 0 saturated heterocycles. The van der Waals surface area contributed by atoms with Crippen molar-refractivity contribution in [3.05, 3.63) is 82.7 Å². The molecule has 5 aromatic rings. The number of halogens is 7. The summed E-state index contributed by atoms with van der Waals surface area (Å²) in [6.07, 6.45) is -6.81. The van der Waals surface area contributed by atoms with Crippen molar-refractivity contribution >= 4 is 38.6 Å². The summed E-state index contributed by atoms with van der Waals surface area (Å²) in [6, 6.07) is 18.2. The number of carbonyl (C=O) groups is 1. The Morgan fingerprint density at radius 1 is 0.784 bits per heavy atom. The highest BCUT2D eigenvalue weighted by atomic mass is 19.4. The number of para-hydroxylation sites is 2. The van der Waals surface area contributed by atoms with Gasteiger partial charge in [0.05, 0.1) is 16.4 Å². The molecule has 12 heteroatoms. The van der Waals surface area contributed by atoms with Crippen molar-refractivity contribution in [3.8, 4) is 11.4 Å². The standard InChI is InChI=1S/C25H12F7NO4/c26-23(27,24(28,29)25(30,31)32)21(35)19-20(34)15-10-9-12(11-18(15)37-22(19)36)33-16-7-3-1-5-13(16)14-6-2-4-8-17(14)33/h1-11,34H. The summed E-state index contributed by atoms with van der Waals surface area (Å²) in [5.74, 6) is -17.9. The molecule has 0 radical (unpaired) electrons. The van der Waals surface area contributed by atoms with E-state index in [1.165, 1.54) is 12.1 Å². The number of alkyl halides is 7. The Balaban J connectivity index is 1.70. The second kappa shape index (κ2) is 7.82. The second-order valence-corrected chi connectivity index (χ2v) is 8.14. The molecule has 0 amide bonds. The van der Waals surface area contributed by atoms with Crippen molar-refractivity contribution < 1.29 is 45.1 Å². The van der Waals surface area contributed by atoms with Gasteiger partial charge in [-0.25, -0.2) is 4.79 Å². The van der Waals surface area contributed by atoms with Gasteiger partial charge >= 0.3 is 23.6 Å². The summed E-state index contributed by atoms with van der Waals surface area (Å²) < 4.78 is 98.8. The molecule has 0 unspecified atom stereocenters. The minimum atomic E-state index is -6.81. The van der Waals surface area contributed by atoms with Gasteiger partial charge < -0.3 is 14.1 Å². The highest BCUT2D eigenvalue weighted by molar-refractivity contribution is 6.10. The Kier molecular flexibility index (Phi) is 5.15. The maximum Gasteiger partial charge on any atom is 0.460 e. The molecule has 0 aliphatic heterocycles. The first-order valence-corrected chi connectivity index (χ1v) is 10.4. The molecule has 0 fully saturated rings. The summed E-state index contributed by atoms with van der Waals surface area (Å²) in [7, 11) is 0. The Bertz CT molecular complexity index is 1730. The Morgan fingerprint density at radius 3 is 1.86 bits per heavy atom. The lowest BCUT2D eigenvalue weighted by atomic mass is 9.99. The van der Waals surface area contributed by atoms with E-state index in [9.17, 15) is 45.4 Å². The van der Waals surface area contributed by atoms with Crippen LogP contribution in [0, 0.1) is 0 Å². The molecule has 2 aromatic heterocycles. The number of aromatic hydroxyl groups is 1. The van der Waals surface area contributed by atoms with Crippen LogP contribution >= 0.6 is 0 Å². The zero-order chi connectivity index (χ0) is 26.9. The first-order valence-electron chi connectivity index (χ1n) is 10.4. The van der Waals surface area contributed by atoms with Crippen LogP contribution in [-0.4, -0.2) is 33.5 Å². The number of benzene rings is 3. The van der Waals surface area contributed by atoms with Crippen LogP contribution in [0.3, 0.4) is 0 Å². The van der Waals surface area contributed by atoms with Crippen LogP contribution in [0.15, 0.2) is 75.9 Å². The normalized spacial score (nSPS) is 13.1. The van der Waals surface area contributed by atoms with Gasteiger partial charge in [0.25, 0.3) is 0 Å². The number of fused-ring (bicyclic) bond motifs is 4. The quantitative estimate of drug-likeness (QED) is 0.164. The van der Waals surface area contributed by atoms with Crippen LogP contribution in [0.5, 0.6) is 5.75 Å². The number of Topliss-reactive ketones (excluding diaryl/α,β-unsaturated/α-hetero) is 1. The number of rotatable bonds is 4. The summed E-state index contributed by atoms with van der Waals surface area (Å²) in [4.78, 5) is 24.4.